The molecule has 2 aromatic heterocycles. The Bertz CT molecular complexity index is 1130. The Kier molecular flexibility index (Phi) is 6.17. The van der Waals surface area contributed by atoms with Gasteiger partial charge in [0, 0.05) is 25.2 Å². The largest absolute Gasteiger partial charge is 0.354 e. The normalized spacial score (nSPS) is 19.6. The minimum Gasteiger partial charge on any atom is -0.354 e. The number of pyridine rings is 1. The second-order valence-electron chi connectivity index (χ2n) is 7.66. The van der Waals surface area contributed by atoms with E-state index in [9.17, 15) is 13.2 Å². The lowest BCUT2D eigenvalue weighted by molar-refractivity contribution is 0.0965. The Morgan fingerprint density at radius 2 is 1.83 bits per heavy atom. The Balaban J connectivity index is 1.45. The molecule has 0 spiro atoms. The highest BCUT2D eigenvalue weighted by Gasteiger charge is 2.29. The summed E-state index contributed by atoms with van der Waals surface area (Å²) in [7, 11) is -1.82. The number of carbonyl (C=O) groups excluding carboxylic acids is 1. The molecule has 1 aliphatic carbocycles. The lowest BCUT2D eigenvalue weighted by Crippen LogP contribution is -2.31. The van der Waals surface area contributed by atoms with E-state index in [2.05, 4.69) is 15.0 Å². The molecule has 1 aromatic carbocycles. The Labute approximate surface area is 180 Å². The summed E-state index contributed by atoms with van der Waals surface area (Å²) in [5.41, 5.74) is 1.10. The second-order valence-corrected chi connectivity index (χ2v) is 10.4. The number of carbonyl (C=O) groups is 1. The van der Waals surface area contributed by atoms with E-state index in [0.29, 0.717) is 17.4 Å². The van der Waals surface area contributed by atoms with Crippen molar-refractivity contribution in [2.24, 2.45) is 5.92 Å². The summed E-state index contributed by atoms with van der Waals surface area (Å²) >= 11 is 1.45. The van der Waals surface area contributed by atoms with Crippen LogP contribution in [0.5, 0.6) is 0 Å². The highest BCUT2D eigenvalue weighted by atomic mass is 32.2. The summed E-state index contributed by atoms with van der Waals surface area (Å²) in [5, 5.41) is 3.81. The average molecular weight is 444 g/mol. The summed E-state index contributed by atoms with van der Waals surface area (Å²) in [6.45, 7) is 0.443. The molecule has 1 amide bonds. The van der Waals surface area contributed by atoms with Crippen LogP contribution in [0.2, 0.25) is 0 Å². The second kappa shape index (κ2) is 8.83. The molecule has 4 rings (SSSR count). The molecule has 0 unspecified atom stereocenters. The molecule has 1 aliphatic rings. The minimum atomic E-state index is -3.48. The van der Waals surface area contributed by atoms with E-state index in [1.807, 2.05) is 12.1 Å². The monoisotopic (exact) mass is 443 g/mol. The Morgan fingerprint density at radius 3 is 2.53 bits per heavy atom. The Hall–Kier alpha value is -2.29. The van der Waals surface area contributed by atoms with E-state index >= 15 is 0 Å². The van der Waals surface area contributed by atoms with Crippen LogP contribution in [0.3, 0.4) is 0 Å². The molecule has 8 heteroatoms. The fraction of sp³-hybridized carbons (Fsp3) is 0.364. The summed E-state index contributed by atoms with van der Waals surface area (Å²) in [6.07, 6.45) is 5.47. The third-order valence-electron chi connectivity index (χ3n) is 5.81. The van der Waals surface area contributed by atoms with Crippen LogP contribution < -0.4 is 10.0 Å². The molecule has 0 saturated heterocycles. The van der Waals surface area contributed by atoms with Gasteiger partial charge in [0.15, 0.2) is 0 Å². The number of benzene rings is 1. The van der Waals surface area contributed by atoms with E-state index in [-0.39, 0.29) is 11.8 Å². The van der Waals surface area contributed by atoms with Gasteiger partial charge >= 0.3 is 0 Å². The maximum atomic E-state index is 12.5. The minimum absolute atomic E-state index is 0.0641. The number of hydrogen-bond donors (Lipinski definition) is 2. The maximum absolute atomic E-state index is 12.5. The van der Waals surface area contributed by atoms with E-state index in [0.717, 1.165) is 46.3 Å². The zero-order valence-corrected chi connectivity index (χ0v) is 18.4. The van der Waals surface area contributed by atoms with Crippen molar-refractivity contribution in [3.05, 3.63) is 59.1 Å². The molecular formula is C22H25N3O3S2. The van der Waals surface area contributed by atoms with Crippen molar-refractivity contribution < 1.29 is 13.2 Å². The zero-order chi connectivity index (χ0) is 21.1. The molecule has 30 heavy (non-hydrogen) atoms. The van der Waals surface area contributed by atoms with Gasteiger partial charge in [-0.05, 0) is 61.3 Å². The van der Waals surface area contributed by atoms with Gasteiger partial charge in [-0.3, -0.25) is 4.79 Å². The van der Waals surface area contributed by atoms with Crippen molar-refractivity contribution in [2.75, 3.05) is 13.6 Å². The van der Waals surface area contributed by atoms with E-state index in [1.165, 1.54) is 11.3 Å². The van der Waals surface area contributed by atoms with Gasteiger partial charge < -0.3 is 5.32 Å². The zero-order valence-electron chi connectivity index (χ0n) is 16.8. The van der Waals surface area contributed by atoms with Gasteiger partial charge in [0.05, 0.1) is 9.77 Å². The summed E-state index contributed by atoms with van der Waals surface area (Å²) < 4.78 is 27.7. The number of amides is 1. The van der Waals surface area contributed by atoms with E-state index in [1.54, 1.807) is 43.6 Å². The molecule has 0 aliphatic heterocycles. The fourth-order valence-corrected chi connectivity index (χ4v) is 6.52. The maximum Gasteiger partial charge on any atom is 0.261 e. The van der Waals surface area contributed by atoms with Crippen molar-refractivity contribution in [1.29, 1.82) is 0 Å². The molecule has 1 fully saturated rings. The molecule has 1 saturated carbocycles. The number of fused-ring (bicyclic) bond motifs is 1. The van der Waals surface area contributed by atoms with Crippen LogP contribution >= 0.6 is 11.3 Å². The molecule has 3 aromatic rings. The topological polar surface area (TPSA) is 88.2 Å². The number of nitrogens with one attached hydrogen (secondary N) is 2. The number of nitrogens with zero attached hydrogens (tertiary/aromatic N) is 1. The average Bonchev–Trinajstić information content (AvgIpc) is 3.18. The molecule has 0 bridgehead atoms. The first-order chi connectivity index (χ1) is 14.5. The van der Waals surface area contributed by atoms with Crippen LogP contribution in [-0.4, -0.2) is 32.9 Å². The molecule has 0 radical (unpaired) electrons. The van der Waals surface area contributed by atoms with Crippen molar-refractivity contribution in [3.63, 3.8) is 0 Å². The summed E-state index contributed by atoms with van der Waals surface area (Å²) in [6, 6.07) is 12.4. The number of rotatable bonds is 6. The third-order valence-corrected chi connectivity index (χ3v) is 8.38. The first-order valence-corrected chi connectivity index (χ1v) is 12.4. The van der Waals surface area contributed by atoms with Crippen molar-refractivity contribution in [3.8, 4) is 0 Å². The SMILES string of the molecule is CNC(=O)c1sc2ncccc2c1C1CCC(CNS(=O)(=O)c2ccccc2)CC1. The predicted octanol–water partition coefficient (Wildman–Crippen LogP) is 3.91. The van der Waals surface area contributed by atoms with Crippen LogP contribution in [0.4, 0.5) is 0 Å². The van der Waals surface area contributed by atoms with Gasteiger partial charge in [-0.15, -0.1) is 11.3 Å². The van der Waals surface area contributed by atoms with Crippen LogP contribution in [0.25, 0.3) is 10.2 Å². The lowest BCUT2D eigenvalue weighted by atomic mass is 9.78. The van der Waals surface area contributed by atoms with Gasteiger partial charge in [0.25, 0.3) is 5.91 Å². The van der Waals surface area contributed by atoms with Gasteiger partial charge in [-0.25, -0.2) is 18.1 Å². The van der Waals surface area contributed by atoms with Crippen molar-refractivity contribution in [1.82, 2.24) is 15.0 Å². The molecule has 2 N–H and O–H groups in total. The third kappa shape index (κ3) is 4.26. The summed E-state index contributed by atoms with van der Waals surface area (Å²) in [4.78, 5) is 18.8. The van der Waals surface area contributed by atoms with Crippen molar-refractivity contribution >= 4 is 37.5 Å². The molecular weight excluding hydrogens is 418 g/mol. The highest BCUT2D eigenvalue weighted by molar-refractivity contribution is 7.89. The molecule has 6 nitrogen and oxygen atoms in total. The highest BCUT2D eigenvalue weighted by Crippen LogP contribution is 2.43. The Morgan fingerprint density at radius 1 is 1.10 bits per heavy atom. The number of hydrogen-bond acceptors (Lipinski definition) is 5. The molecule has 0 atom stereocenters. The van der Waals surface area contributed by atoms with Gasteiger partial charge in [0.2, 0.25) is 10.0 Å². The lowest BCUT2D eigenvalue weighted by Gasteiger charge is -2.29. The molecule has 2 heterocycles. The van der Waals surface area contributed by atoms with E-state index < -0.39 is 10.0 Å². The number of thiophene rings is 1. The molecule has 158 valence electrons. The van der Waals surface area contributed by atoms with Crippen LogP contribution in [-0.2, 0) is 10.0 Å². The van der Waals surface area contributed by atoms with Crippen LogP contribution in [0, 0.1) is 5.92 Å². The standard InChI is InChI=1S/C22H25N3O3S2/c1-23-21(26)20-19(18-8-5-13-24-22(18)29-20)16-11-9-15(10-12-16)14-25-30(27,28)17-6-3-2-4-7-17/h2-8,13,15-16,25H,9-12,14H2,1H3,(H,23,26). The first kappa shape index (κ1) is 21.0. The van der Waals surface area contributed by atoms with E-state index in [4.69, 9.17) is 0 Å². The number of aromatic nitrogens is 1. The van der Waals surface area contributed by atoms with Crippen LogP contribution in [0.1, 0.15) is 46.8 Å². The van der Waals surface area contributed by atoms with Gasteiger partial charge in [0.1, 0.15) is 4.83 Å². The van der Waals surface area contributed by atoms with Gasteiger partial charge in [-0.2, -0.15) is 0 Å². The first-order valence-electron chi connectivity index (χ1n) is 10.1. The smallest absolute Gasteiger partial charge is 0.261 e. The number of sulfonamides is 1. The fourth-order valence-electron chi connectivity index (χ4n) is 4.20. The van der Waals surface area contributed by atoms with Gasteiger partial charge in [-0.1, -0.05) is 24.3 Å². The quantitative estimate of drug-likeness (QED) is 0.605. The summed E-state index contributed by atoms with van der Waals surface area (Å²) in [5.74, 6) is 0.522. The van der Waals surface area contributed by atoms with Crippen molar-refractivity contribution in [2.45, 2.75) is 36.5 Å². The predicted molar refractivity (Wildman–Crippen MR) is 119 cm³/mol. The van der Waals surface area contributed by atoms with Crippen LogP contribution in [0.15, 0.2) is 53.6 Å².